The summed E-state index contributed by atoms with van der Waals surface area (Å²) in [5, 5.41) is 0. The van der Waals surface area contributed by atoms with Gasteiger partial charge in [-0.25, -0.2) is 12.8 Å². The highest BCUT2D eigenvalue weighted by Crippen LogP contribution is 2.25. The third-order valence-corrected chi connectivity index (χ3v) is 8.41. The molecule has 1 fully saturated rings. The Morgan fingerprint density at radius 1 is 1.22 bits per heavy atom. The second-order valence-corrected chi connectivity index (χ2v) is 10.5. The van der Waals surface area contributed by atoms with Gasteiger partial charge in [-0.15, -0.1) is 0 Å². The molecule has 3 aromatic rings. The number of sulfonamides is 1. The highest BCUT2D eigenvalue weighted by Gasteiger charge is 2.33. The van der Waals surface area contributed by atoms with Crippen molar-refractivity contribution in [1.29, 1.82) is 0 Å². The molecule has 0 spiro atoms. The molecule has 1 saturated heterocycles. The summed E-state index contributed by atoms with van der Waals surface area (Å²) in [6, 6.07) is 13.0. The van der Waals surface area contributed by atoms with E-state index in [1.165, 1.54) is 21.7 Å². The monoisotopic (exact) mass is 477 g/mol. The number of rotatable bonds is 6. The van der Waals surface area contributed by atoms with Crippen LogP contribution < -0.4 is 4.80 Å². The first-order valence-electron chi connectivity index (χ1n) is 10.3. The first-order valence-corrected chi connectivity index (χ1v) is 12.6. The normalized spacial score (nSPS) is 18.3. The predicted octanol–water partition coefficient (Wildman–Crippen LogP) is 3.02. The maximum absolute atomic E-state index is 14.5. The number of nitrogens with zero attached hydrogens (tertiary/aromatic N) is 3. The van der Waals surface area contributed by atoms with Crippen molar-refractivity contribution in [1.82, 2.24) is 8.87 Å². The number of aromatic nitrogens is 1. The van der Waals surface area contributed by atoms with Gasteiger partial charge in [-0.05, 0) is 37.1 Å². The lowest BCUT2D eigenvalue weighted by atomic mass is 9.99. The second-order valence-electron chi connectivity index (χ2n) is 7.58. The Bertz CT molecular complexity index is 1290. The van der Waals surface area contributed by atoms with Gasteiger partial charge in [0.1, 0.15) is 5.82 Å². The van der Waals surface area contributed by atoms with Gasteiger partial charge in [0, 0.05) is 26.7 Å². The number of carbonyl (C=O) groups is 1. The van der Waals surface area contributed by atoms with E-state index in [4.69, 9.17) is 4.74 Å². The fourth-order valence-electron chi connectivity index (χ4n) is 3.85. The number of carbonyl (C=O) groups excluding carboxylic acids is 1. The molecule has 2 aromatic carbocycles. The molecule has 1 unspecified atom stereocenters. The quantitative estimate of drug-likeness (QED) is 0.547. The van der Waals surface area contributed by atoms with Crippen LogP contribution in [0.5, 0.6) is 0 Å². The Morgan fingerprint density at radius 3 is 2.75 bits per heavy atom. The molecule has 1 aromatic heterocycles. The van der Waals surface area contributed by atoms with Crippen LogP contribution in [0, 0.1) is 11.7 Å². The molecule has 2 heterocycles. The van der Waals surface area contributed by atoms with Gasteiger partial charge in [-0.1, -0.05) is 35.6 Å². The fraction of sp³-hybridized carbons (Fsp3) is 0.364. The van der Waals surface area contributed by atoms with Crippen molar-refractivity contribution in [2.24, 2.45) is 10.9 Å². The summed E-state index contributed by atoms with van der Waals surface area (Å²) in [7, 11) is -2.12. The van der Waals surface area contributed by atoms with Gasteiger partial charge in [-0.2, -0.15) is 9.30 Å². The molecule has 0 N–H and O–H groups in total. The molecule has 32 heavy (non-hydrogen) atoms. The van der Waals surface area contributed by atoms with Crippen molar-refractivity contribution in [2.45, 2.75) is 24.3 Å². The SMILES string of the molecule is COCCn1c(=NC(=O)C2CCCN(S(=O)(=O)c3ccccc3)C2)sc2cccc(F)c21. The largest absolute Gasteiger partial charge is 0.383 e. The molecule has 1 aliphatic rings. The molecule has 0 radical (unpaired) electrons. The highest BCUT2D eigenvalue weighted by molar-refractivity contribution is 7.89. The number of benzene rings is 2. The highest BCUT2D eigenvalue weighted by atomic mass is 32.2. The summed E-state index contributed by atoms with van der Waals surface area (Å²) < 4.78 is 49.2. The molecular formula is C22H24FN3O4S2. The summed E-state index contributed by atoms with van der Waals surface area (Å²) in [5.41, 5.74) is 0.387. The zero-order chi connectivity index (χ0) is 22.7. The van der Waals surface area contributed by atoms with Crippen LogP contribution in [0.1, 0.15) is 12.8 Å². The Labute approximate surface area is 189 Å². The number of thiazole rings is 1. The number of amides is 1. The van der Waals surface area contributed by atoms with Crippen molar-refractivity contribution in [3.63, 3.8) is 0 Å². The average Bonchev–Trinajstić information content (AvgIpc) is 3.16. The number of para-hydroxylation sites is 1. The maximum Gasteiger partial charge on any atom is 0.252 e. The Kier molecular flexibility index (Phi) is 6.85. The third-order valence-electron chi connectivity index (χ3n) is 5.49. The van der Waals surface area contributed by atoms with Gasteiger partial charge >= 0.3 is 0 Å². The summed E-state index contributed by atoms with van der Waals surface area (Å²) in [6.07, 6.45) is 1.13. The van der Waals surface area contributed by atoms with E-state index < -0.39 is 21.8 Å². The number of piperidine rings is 1. The maximum atomic E-state index is 14.5. The number of methoxy groups -OCH3 is 1. The van der Waals surface area contributed by atoms with E-state index in [-0.39, 0.29) is 17.3 Å². The van der Waals surface area contributed by atoms with Crippen molar-refractivity contribution < 1.29 is 22.3 Å². The predicted molar refractivity (Wildman–Crippen MR) is 120 cm³/mol. The number of hydrogen-bond acceptors (Lipinski definition) is 5. The topological polar surface area (TPSA) is 81.0 Å². The van der Waals surface area contributed by atoms with E-state index in [1.807, 2.05) is 0 Å². The van der Waals surface area contributed by atoms with Crippen LogP contribution in [-0.2, 0) is 26.1 Å². The molecule has 0 bridgehead atoms. The molecule has 1 aliphatic heterocycles. The Hall–Kier alpha value is -2.40. The molecule has 7 nitrogen and oxygen atoms in total. The van der Waals surface area contributed by atoms with E-state index in [9.17, 15) is 17.6 Å². The van der Waals surface area contributed by atoms with Crippen LogP contribution in [0.4, 0.5) is 4.39 Å². The molecule has 10 heteroatoms. The third kappa shape index (κ3) is 4.54. The van der Waals surface area contributed by atoms with E-state index in [0.29, 0.717) is 47.6 Å². The first kappa shape index (κ1) is 22.8. The number of halogens is 1. The Balaban J connectivity index is 1.64. The molecule has 170 valence electrons. The number of fused-ring (bicyclic) bond motifs is 1. The smallest absolute Gasteiger partial charge is 0.252 e. The van der Waals surface area contributed by atoms with E-state index in [0.717, 1.165) is 0 Å². The van der Waals surface area contributed by atoms with Gasteiger partial charge in [0.15, 0.2) is 4.80 Å². The zero-order valence-corrected chi connectivity index (χ0v) is 19.2. The van der Waals surface area contributed by atoms with Gasteiger partial charge < -0.3 is 9.30 Å². The summed E-state index contributed by atoms with van der Waals surface area (Å²) >= 11 is 1.23. The summed E-state index contributed by atoms with van der Waals surface area (Å²) in [5.74, 6) is -1.33. The zero-order valence-electron chi connectivity index (χ0n) is 17.6. The minimum atomic E-state index is -3.68. The van der Waals surface area contributed by atoms with Crippen molar-refractivity contribution >= 4 is 37.5 Å². The van der Waals surface area contributed by atoms with E-state index in [2.05, 4.69) is 4.99 Å². The van der Waals surface area contributed by atoms with Crippen LogP contribution in [0.2, 0.25) is 0 Å². The Morgan fingerprint density at radius 2 is 2.00 bits per heavy atom. The van der Waals surface area contributed by atoms with Gasteiger partial charge in [-0.3, -0.25) is 4.79 Å². The molecule has 0 aliphatic carbocycles. The lowest BCUT2D eigenvalue weighted by molar-refractivity contribution is -0.122. The van der Waals surface area contributed by atoms with Crippen LogP contribution in [0.25, 0.3) is 10.2 Å². The molecular weight excluding hydrogens is 453 g/mol. The van der Waals surface area contributed by atoms with Crippen LogP contribution in [0.3, 0.4) is 0 Å². The van der Waals surface area contributed by atoms with Gasteiger partial charge in [0.25, 0.3) is 5.91 Å². The minimum Gasteiger partial charge on any atom is -0.383 e. The van der Waals surface area contributed by atoms with Crippen molar-refractivity contribution in [3.05, 3.63) is 59.1 Å². The fourth-order valence-corrected chi connectivity index (χ4v) is 6.47. The van der Waals surface area contributed by atoms with Gasteiger partial charge in [0.2, 0.25) is 10.0 Å². The van der Waals surface area contributed by atoms with Gasteiger partial charge in [0.05, 0.1) is 27.6 Å². The average molecular weight is 478 g/mol. The molecule has 1 amide bonds. The summed E-state index contributed by atoms with van der Waals surface area (Å²) in [4.78, 5) is 17.9. The molecule has 0 saturated carbocycles. The van der Waals surface area contributed by atoms with Crippen LogP contribution in [0.15, 0.2) is 58.4 Å². The van der Waals surface area contributed by atoms with E-state index >= 15 is 0 Å². The van der Waals surface area contributed by atoms with Crippen molar-refractivity contribution in [3.8, 4) is 0 Å². The second kappa shape index (κ2) is 9.62. The number of ether oxygens (including phenoxy) is 1. The summed E-state index contributed by atoms with van der Waals surface area (Å²) in [6.45, 7) is 1.14. The van der Waals surface area contributed by atoms with E-state index in [1.54, 1.807) is 54.1 Å². The lowest BCUT2D eigenvalue weighted by Gasteiger charge is -2.30. The van der Waals surface area contributed by atoms with Crippen LogP contribution in [-0.4, -0.2) is 50.0 Å². The first-order chi connectivity index (χ1) is 15.4. The van der Waals surface area contributed by atoms with Crippen molar-refractivity contribution in [2.75, 3.05) is 26.8 Å². The lowest BCUT2D eigenvalue weighted by Crippen LogP contribution is -2.42. The molecule has 1 atom stereocenters. The minimum absolute atomic E-state index is 0.0802. The van der Waals surface area contributed by atoms with Crippen LogP contribution >= 0.6 is 11.3 Å². The number of hydrogen-bond donors (Lipinski definition) is 0. The standard InChI is InChI=1S/C22H24FN3O4S2/c1-30-14-13-26-20-18(23)10-5-11-19(20)31-22(26)24-21(27)16-7-6-12-25(15-16)32(28,29)17-8-3-2-4-9-17/h2-5,8-11,16H,6-7,12-15H2,1H3. The molecule has 4 rings (SSSR count).